The van der Waals surface area contributed by atoms with Crippen LogP contribution in [0.5, 0.6) is 0 Å². The summed E-state index contributed by atoms with van der Waals surface area (Å²) in [6, 6.07) is 6.72. The number of carbonyl (C=O) groups excluding carboxylic acids is 1. The highest BCUT2D eigenvalue weighted by atomic mass is 16.6. The van der Waals surface area contributed by atoms with Crippen molar-refractivity contribution in [3.8, 4) is 0 Å². The number of aromatic carboxylic acids is 1. The lowest BCUT2D eigenvalue weighted by atomic mass is 10.2. The number of ether oxygens (including phenoxy) is 1. The topological polar surface area (TPSA) is 78.9 Å². The van der Waals surface area contributed by atoms with Crippen LogP contribution in [0.3, 0.4) is 0 Å². The van der Waals surface area contributed by atoms with E-state index in [1.807, 2.05) is 26.8 Å². The summed E-state index contributed by atoms with van der Waals surface area (Å²) in [6.45, 7) is 6.82. The summed E-state index contributed by atoms with van der Waals surface area (Å²) in [5.74, 6) is -0.954. The molecule has 1 heterocycles. The molecule has 1 amide bonds. The van der Waals surface area contributed by atoms with E-state index in [4.69, 9.17) is 9.84 Å². The number of benzene rings is 1. The van der Waals surface area contributed by atoms with Gasteiger partial charge in [-0.25, -0.2) is 9.59 Å². The quantitative estimate of drug-likeness (QED) is 0.890. The fourth-order valence-corrected chi connectivity index (χ4v) is 2.61. The molecule has 0 spiro atoms. The first-order valence-electron chi connectivity index (χ1n) is 7.83. The van der Waals surface area contributed by atoms with Gasteiger partial charge in [-0.1, -0.05) is 6.07 Å². The molecule has 1 aliphatic rings. The molecule has 6 nitrogen and oxygen atoms in total. The number of carboxylic acids is 1. The van der Waals surface area contributed by atoms with Gasteiger partial charge in [0.2, 0.25) is 0 Å². The van der Waals surface area contributed by atoms with Crippen molar-refractivity contribution in [3.05, 3.63) is 29.8 Å². The first-order valence-corrected chi connectivity index (χ1v) is 7.83. The zero-order valence-electron chi connectivity index (χ0n) is 13.8. The molecular weight excluding hydrogens is 296 g/mol. The maximum atomic E-state index is 12.2. The molecule has 1 aromatic carbocycles. The molecule has 1 fully saturated rings. The van der Waals surface area contributed by atoms with Gasteiger partial charge in [-0.3, -0.25) is 0 Å². The van der Waals surface area contributed by atoms with E-state index in [0.717, 1.165) is 18.5 Å². The largest absolute Gasteiger partial charge is 0.478 e. The highest BCUT2D eigenvalue weighted by molar-refractivity contribution is 5.88. The van der Waals surface area contributed by atoms with Gasteiger partial charge in [0, 0.05) is 18.8 Å². The molecule has 23 heavy (non-hydrogen) atoms. The van der Waals surface area contributed by atoms with Gasteiger partial charge in [-0.2, -0.15) is 0 Å². The number of amides is 1. The molecule has 2 rings (SSSR count). The van der Waals surface area contributed by atoms with Crippen LogP contribution in [-0.2, 0) is 4.74 Å². The molecular formula is C17H24N2O4. The predicted molar refractivity (Wildman–Crippen MR) is 87.9 cm³/mol. The smallest absolute Gasteiger partial charge is 0.410 e. The van der Waals surface area contributed by atoms with Crippen LogP contribution >= 0.6 is 0 Å². The third-order valence-electron chi connectivity index (χ3n) is 3.66. The fraction of sp³-hybridized carbons (Fsp3) is 0.529. The maximum Gasteiger partial charge on any atom is 0.410 e. The standard InChI is InChI=1S/C17H24N2O4/c1-17(2,3)23-16(22)19-9-5-8-14(19)11-18-13-7-4-6-12(10-13)15(20)21/h4,6-7,10,14,18H,5,8-9,11H2,1-3H3,(H,20,21). The molecule has 0 radical (unpaired) electrons. The average molecular weight is 320 g/mol. The summed E-state index contributed by atoms with van der Waals surface area (Å²) in [4.78, 5) is 25.0. The molecule has 0 aromatic heterocycles. The van der Waals surface area contributed by atoms with E-state index in [0.29, 0.717) is 13.1 Å². The lowest BCUT2D eigenvalue weighted by molar-refractivity contribution is 0.0235. The number of hydrogen-bond acceptors (Lipinski definition) is 4. The lowest BCUT2D eigenvalue weighted by Crippen LogP contribution is -2.42. The van der Waals surface area contributed by atoms with Crippen molar-refractivity contribution >= 4 is 17.7 Å². The molecule has 1 unspecified atom stereocenters. The number of carboxylic acid groups (broad SMARTS) is 1. The Balaban J connectivity index is 1.95. The molecule has 6 heteroatoms. The second-order valence-electron chi connectivity index (χ2n) is 6.74. The number of anilines is 1. The van der Waals surface area contributed by atoms with Crippen LogP contribution in [-0.4, -0.2) is 46.8 Å². The molecule has 1 atom stereocenters. The lowest BCUT2D eigenvalue weighted by Gasteiger charge is -2.29. The SMILES string of the molecule is CC(C)(C)OC(=O)N1CCCC1CNc1cccc(C(=O)O)c1. The summed E-state index contributed by atoms with van der Waals surface area (Å²) >= 11 is 0. The Morgan fingerprint density at radius 1 is 1.39 bits per heavy atom. The normalized spacial score (nSPS) is 17.9. The van der Waals surface area contributed by atoms with Crippen molar-refractivity contribution in [2.45, 2.75) is 45.3 Å². The number of nitrogens with one attached hydrogen (secondary N) is 1. The van der Waals surface area contributed by atoms with E-state index in [1.165, 1.54) is 0 Å². The maximum absolute atomic E-state index is 12.2. The van der Waals surface area contributed by atoms with Gasteiger partial charge in [-0.15, -0.1) is 0 Å². The number of likely N-dealkylation sites (tertiary alicyclic amines) is 1. The first-order chi connectivity index (χ1) is 10.8. The number of rotatable bonds is 4. The van der Waals surface area contributed by atoms with Crippen LogP contribution in [0.25, 0.3) is 0 Å². The molecule has 126 valence electrons. The van der Waals surface area contributed by atoms with Crippen LogP contribution < -0.4 is 5.32 Å². The number of nitrogens with zero attached hydrogens (tertiary/aromatic N) is 1. The van der Waals surface area contributed by atoms with Gasteiger partial charge < -0.3 is 20.1 Å². The Morgan fingerprint density at radius 2 is 2.13 bits per heavy atom. The van der Waals surface area contributed by atoms with Crippen molar-refractivity contribution in [1.29, 1.82) is 0 Å². The minimum absolute atomic E-state index is 0.0540. The van der Waals surface area contributed by atoms with E-state index < -0.39 is 11.6 Å². The van der Waals surface area contributed by atoms with E-state index in [1.54, 1.807) is 23.1 Å². The summed E-state index contributed by atoms with van der Waals surface area (Å²) < 4.78 is 5.44. The number of carbonyl (C=O) groups is 2. The monoisotopic (exact) mass is 320 g/mol. The molecule has 1 aliphatic heterocycles. The molecule has 2 N–H and O–H groups in total. The molecule has 1 aromatic rings. The van der Waals surface area contributed by atoms with Gasteiger partial charge in [0.1, 0.15) is 5.60 Å². The van der Waals surface area contributed by atoms with E-state index in [-0.39, 0.29) is 17.7 Å². The third-order valence-corrected chi connectivity index (χ3v) is 3.66. The van der Waals surface area contributed by atoms with Crippen molar-refractivity contribution < 1.29 is 19.4 Å². The molecule has 0 aliphatic carbocycles. The predicted octanol–water partition coefficient (Wildman–Crippen LogP) is 3.20. The van der Waals surface area contributed by atoms with E-state index >= 15 is 0 Å². The molecule has 0 saturated carbocycles. The van der Waals surface area contributed by atoms with Crippen LogP contribution in [0.4, 0.5) is 10.5 Å². The minimum Gasteiger partial charge on any atom is -0.478 e. The van der Waals surface area contributed by atoms with Gasteiger partial charge in [-0.05, 0) is 51.8 Å². The van der Waals surface area contributed by atoms with Gasteiger partial charge in [0.15, 0.2) is 0 Å². The van der Waals surface area contributed by atoms with Crippen molar-refractivity contribution in [1.82, 2.24) is 4.90 Å². The fourth-order valence-electron chi connectivity index (χ4n) is 2.61. The first kappa shape index (κ1) is 17.1. The Morgan fingerprint density at radius 3 is 2.78 bits per heavy atom. The Labute approximate surface area is 136 Å². The Hall–Kier alpha value is -2.24. The Bertz CT molecular complexity index is 580. The third kappa shape index (κ3) is 4.87. The van der Waals surface area contributed by atoms with Crippen molar-refractivity contribution in [3.63, 3.8) is 0 Å². The van der Waals surface area contributed by atoms with Gasteiger partial charge in [0.25, 0.3) is 0 Å². The summed E-state index contributed by atoms with van der Waals surface area (Å²) in [7, 11) is 0. The summed E-state index contributed by atoms with van der Waals surface area (Å²) in [6.07, 6.45) is 1.56. The van der Waals surface area contributed by atoms with Crippen LogP contribution in [0.2, 0.25) is 0 Å². The average Bonchev–Trinajstić information content (AvgIpc) is 2.92. The highest BCUT2D eigenvalue weighted by Gasteiger charge is 2.31. The number of hydrogen-bond donors (Lipinski definition) is 2. The van der Waals surface area contributed by atoms with Crippen molar-refractivity contribution in [2.24, 2.45) is 0 Å². The van der Waals surface area contributed by atoms with Gasteiger partial charge >= 0.3 is 12.1 Å². The molecule has 0 bridgehead atoms. The highest BCUT2D eigenvalue weighted by Crippen LogP contribution is 2.21. The van der Waals surface area contributed by atoms with E-state index in [9.17, 15) is 9.59 Å². The second-order valence-corrected chi connectivity index (χ2v) is 6.74. The van der Waals surface area contributed by atoms with Crippen molar-refractivity contribution in [2.75, 3.05) is 18.4 Å². The Kier molecular flexibility index (Phi) is 5.13. The van der Waals surface area contributed by atoms with Crippen LogP contribution in [0, 0.1) is 0 Å². The second kappa shape index (κ2) is 6.89. The summed E-state index contributed by atoms with van der Waals surface area (Å²) in [5, 5.41) is 12.2. The van der Waals surface area contributed by atoms with Crippen LogP contribution in [0.1, 0.15) is 44.0 Å². The zero-order valence-corrected chi connectivity index (χ0v) is 13.8. The minimum atomic E-state index is -0.954. The molecule has 1 saturated heterocycles. The zero-order chi connectivity index (χ0) is 17.0. The van der Waals surface area contributed by atoms with E-state index in [2.05, 4.69) is 5.32 Å². The van der Waals surface area contributed by atoms with Gasteiger partial charge in [0.05, 0.1) is 11.6 Å². The van der Waals surface area contributed by atoms with Crippen LogP contribution in [0.15, 0.2) is 24.3 Å². The summed E-state index contributed by atoms with van der Waals surface area (Å²) in [5.41, 5.74) is 0.472.